The Morgan fingerprint density at radius 3 is 2.65 bits per heavy atom. The number of methoxy groups -OCH3 is 1. The zero-order valence-electron chi connectivity index (χ0n) is 12.4. The summed E-state index contributed by atoms with van der Waals surface area (Å²) in [5.41, 5.74) is -1.13. The van der Waals surface area contributed by atoms with Gasteiger partial charge in [0.05, 0.1) is 12.7 Å². The minimum atomic E-state index is -4.55. The quantitative estimate of drug-likeness (QED) is 0.497. The maximum Gasteiger partial charge on any atom is 0.416 e. The Bertz CT molecular complexity index is 605. The molecule has 4 nitrogen and oxygen atoms in total. The van der Waals surface area contributed by atoms with Crippen LogP contribution in [0.4, 0.5) is 13.2 Å². The molecule has 0 fully saturated rings. The Hall–Kier alpha value is -2.49. The van der Waals surface area contributed by atoms with Crippen LogP contribution in [-0.4, -0.2) is 25.0 Å². The van der Waals surface area contributed by atoms with E-state index >= 15 is 0 Å². The van der Waals surface area contributed by atoms with Gasteiger partial charge in [0.1, 0.15) is 6.04 Å². The van der Waals surface area contributed by atoms with Gasteiger partial charge < -0.3 is 10.1 Å². The highest BCUT2D eigenvalue weighted by Crippen LogP contribution is 2.29. The van der Waals surface area contributed by atoms with Crippen molar-refractivity contribution < 1.29 is 27.5 Å². The molecular weight excluding hydrogens is 311 g/mol. The van der Waals surface area contributed by atoms with Crippen molar-refractivity contribution in [3.05, 3.63) is 35.4 Å². The number of ether oxygens (including phenoxy) is 1. The minimum Gasteiger partial charge on any atom is -0.467 e. The van der Waals surface area contributed by atoms with Crippen LogP contribution < -0.4 is 5.32 Å². The molecule has 0 aliphatic heterocycles. The summed E-state index contributed by atoms with van der Waals surface area (Å²) in [6.07, 6.45) is 1.68. The van der Waals surface area contributed by atoms with Crippen LogP contribution in [0.15, 0.2) is 24.3 Å². The molecule has 1 rings (SSSR count). The lowest BCUT2D eigenvalue weighted by atomic mass is 10.1. The summed E-state index contributed by atoms with van der Waals surface area (Å²) in [7, 11) is 1.16. The second-order valence-corrected chi connectivity index (χ2v) is 4.72. The molecule has 0 saturated carbocycles. The van der Waals surface area contributed by atoms with Crippen molar-refractivity contribution in [2.24, 2.45) is 0 Å². The second kappa shape index (κ2) is 8.22. The number of carbonyl (C=O) groups excluding carboxylic acids is 2. The van der Waals surface area contributed by atoms with Gasteiger partial charge in [-0.3, -0.25) is 4.79 Å². The Kier molecular flexibility index (Phi) is 6.64. The maximum atomic E-state index is 12.7. The fraction of sp³-hybridized carbons (Fsp3) is 0.375. The van der Waals surface area contributed by atoms with E-state index in [1.807, 2.05) is 0 Å². The molecule has 1 aromatic rings. The highest BCUT2D eigenvalue weighted by molar-refractivity contribution is 5.96. The summed E-state index contributed by atoms with van der Waals surface area (Å²) in [6.45, 7) is 0. The van der Waals surface area contributed by atoms with Crippen molar-refractivity contribution in [3.63, 3.8) is 0 Å². The number of terminal acetylenes is 1. The zero-order valence-corrected chi connectivity index (χ0v) is 12.4. The summed E-state index contributed by atoms with van der Waals surface area (Å²) in [6, 6.07) is 2.99. The molecule has 0 spiro atoms. The third-order valence-electron chi connectivity index (χ3n) is 3.06. The third-order valence-corrected chi connectivity index (χ3v) is 3.06. The Labute approximate surface area is 132 Å². The molecule has 1 atom stereocenters. The lowest BCUT2D eigenvalue weighted by molar-refractivity contribution is -0.143. The number of carbonyl (C=O) groups is 2. The molecule has 23 heavy (non-hydrogen) atoms. The molecule has 1 amide bonds. The Morgan fingerprint density at radius 1 is 1.39 bits per heavy atom. The molecule has 0 unspecified atom stereocenters. The van der Waals surface area contributed by atoms with Crippen molar-refractivity contribution >= 4 is 11.9 Å². The van der Waals surface area contributed by atoms with Gasteiger partial charge in [-0.15, -0.1) is 12.3 Å². The monoisotopic (exact) mass is 327 g/mol. The van der Waals surface area contributed by atoms with Gasteiger partial charge in [0.2, 0.25) is 0 Å². The number of hydrogen-bond acceptors (Lipinski definition) is 3. The predicted octanol–water partition coefficient (Wildman–Crippen LogP) is 2.78. The number of halogens is 3. The van der Waals surface area contributed by atoms with Gasteiger partial charge in [0.15, 0.2) is 0 Å². The Balaban J connectivity index is 2.86. The topological polar surface area (TPSA) is 55.4 Å². The minimum absolute atomic E-state index is 0.189. The molecule has 0 aliphatic rings. The van der Waals surface area contributed by atoms with E-state index in [1.165, 1.54) is 6.07 Å². The van der Waals surface area contributed by atoms with E-state index < -0.39 is 29.7 Å². The first kappa shape index (κ1) is 18.6. The van der Waals surface area contributed by atoms with Crippen LogP contribution in [0.25, 0.3) is 0 Å². The number of rotatable bonds is 6. The number of nitrogens with one attached hydrogen (secondary N) is 1. The lowest BCUT2D eigenvalue weighted by Crippen LogP contribution is -2.41. The molecular formula is C16H16F3NO3. The fourth-order valence-electron chi connectivity index (χ4n) is 1.88. The molecule has 124 valence electrons. The van der Waals surface area contributed by atoms with E-state index in [0.717, 1.165) is 25.3 Å². The van der Waals surface area contributed by atoms with Gasteiger partial charge in [0.25, 0.3) is 5.91 Å². The summed E-state index contributed by atoms with van der Waals surface area (Å²) in [4.78, 5) is 23.7. The average Bonchev–Trinajstić information content (AvgIpc) is 2.52. The van der Waals surface area contributed by atoms with Crippen molar-refractivity contribution in [2.45, 2.75) is 31.5 Å². The van der Waals surface area contributed by atoms with Gasteiger partial charge in [-0.05, 0) is 31.0 Å². The molecule has 0 heterocycles. The van der Waals surface area contributed by atoms with Gasteiger partial charge in [-0.25, -0.2) is 4.79 Å². The number of alkyl halides is 3. The number of benzene rings is 1. The normalized spacial score (nSPS) is 12.1. The summed E-state index contributed by atoms with van der Waals surface area (Å²) in [5, 5.41) is 2.37. The largest absolute Gasteiger partial charge is 0.467 e. The van der Waals surface area contributed by atoms with Crippen LogP contribution in [0.2, 0.25) is 0 Å². The molecule has 0 aliphatic carbocycles. The van der Waals surface area contributed by atoms with E-state index in [-0.39, 0.29) is 12.0 Å². The van der Waals surface area contributed by atoms with E-state index in [4.69, 9.17) is 6.42 Å². The molecule has 0 aromatic heterocycles. The molecule has 0 radical (unpaired) electrons. The van der Waals surface area contributed by atoms with Crippen LogP contribution in [0, 0.1) is 12.3 Å². The SMILES string of the molecule is C#CCCC[C@H](NC(=O)c1cccc(C(F)(F)F)c1)C(=O)OC. The van der Waals surface area contributed by atoms with Crippen LogP contribution in [0.5, 0.6) is 0 Å². The first-order valence-electron chi connectivity index (χ1n) is 6.79. The maximum absolute atomic E-state index is 12.7. The van der Waals surface area contributed by atoms with E-state index in [1.54, 1.807) is 0 Å². The molecule has 1 N–H and O–H groups in total. The van der Waals surface area contributed by atoms with Crippen molar-refractivity contribution in [3.8, 4) is 12.3 Å². The highest BCUT2D eigenvalue weighted by Gasteiger charge is 2.31. The van der Waals surface area contributed by atoms with Crippen molar-refractivity contribution in [1.82, 2.24) is 5.32 Å². The summed E-state index contributed by atoms with van der Waals surface area (Å²) >= 11 is 0. The summed E-state index contributed by atoms with van der Waals surface area (Å²) in [5.74, 6) is 0.936. The third kappa shape index (κ3) is 5.66. The van der Waals surface area contributed by atoms with Crippen LogP contribution in [0.3, 0.4) is 0 Å². The number of esters is 1. The van der Waals surface area contributed by atoms with E-state index in [9.17, 15) is 22.8 Å². The number of amides is 1. The molecule has 0 saturated heterocycles. The zero-order chi connectivity index (χ0) is 17.5. The second-order valence-electron chi connectivity index (χ2n) is 4.72. The van der Waals surface area contributed by atoms with Gasteiger partial charge in [-0.2, -0.15) is 13.2 Å². The highest BCUT2D eigenvalue weighted by atomic mass is 19.4. The fourth-order valence-corrected chi connectivity index (χ4v) is 1.88. The first-order chi connectivity index (χ1) is 10.8. The molecule has 1 aromatic carbocycles. The van der Waals surface area contributed by atoms with Crippen LogP contribution >= 0.6 is 0 Å². The summed E-state index contributed by atoms with van der Waals surface area (Å²) < 4.78 is 42.5. The molecule has 7 heteroatoms. The molecule has 0 bridgehead atoms. The first-order valence-corrected chi connectivity index (χ1v) is 6.79. The lowest BCUT2D eigenvalue weighted by Gasteiger charge is -2.16. The smallest absolute Gasteiger partial charge is 0.416 e. The van der Waals surface area contributed by atoms with Crippen LogP contribution in [-0.2, 0) is 15.7 Å². The number of unbranched alkanes of at least 4 members (excludes halogenated alkanes) is 1. The van der Waals surface area contributed by atoms with Gasteiger partial charge >= 0.3 is 12.1 Å². The van der Waals surface area contributed by atoms with E-state index in [0.29, 0.717) is 12.8 Å². The van der Waals surface area contributed by atoms with Gasteiger partial charge in [0, 0.05) is 12.0 Å². The van der Waals surface area contributed by atoms with Crippen molar-refractivity contribution in [2.75, 3.05) is 7.11 Å². The number of hydrogen-bond donors (Lipinski definition) is 1. The standard InChI is InChI=1S/C16H16F3NO3/c1-3-4-5-9-13(15(22)23-2)20-14(21)11-7-6-8-12(10-11)16(17,18)19/h1,6-8,10,13H,4-5,9H2,2H3,(H,20,21)/t13-/m0/s1. The van der Waals surface area contributed by atoms with Crippen LogP contribution in [0.1, 0.15) is 35.2 Å². The average molecular weight is 327 g/mol. The van der Waals surface area contributed by atoms with Gasteiger partial charge in [-0.1, -0.05) is 6.07 Å². The van der Waals surface area contributed by atoms with Crippen molar-refractivity contribution in [1.29, 1.82) is 0 Å². The Morgan fingerprint density at radius 2 is 2.09 bits per heavy atom. The van der Waals surface area contributed by atoms with E-state index in [2.05, 4.69) is 16.0 Å². The predicted molar refractivity (Wildman–Crippen MR) is 77.4 cm³/mol.